The second-order valence-electron chi connectivity index (χ2n) is 6.74. The molecule has 2 aromatic carbocycles. The lowest BCUT2D eigenvalue weighted by Crippen LogP contribution is -2.23. The number of esters is 1. The minimum Gasteiger partial charge on any atom is -0.456 e. The van der Waals surface area contributed by atoms with E-state index < -0.39 is 35.9 Å². The quantitative estimate of drug-likeness (QED) is 0.500. The molecule has 0 radical (unpaired) electrons. The van der Waals surface area contributed by atoms with E-state index in [-0.39, 0.29) is 23.8 Å². The van der Waals surface area contributed by atoms with E-state index in [1.54, 1.807) is 0 Å². The van der Waals surface area contributed by atoms with E-state index in [1.807, 2.05) is 36.5 Å². The molecular formula is C21H17ClF3N3O4. The Morgan fingerprint density at radius 2 is 1.84 bits per heavy atom. The van der Waals surface area contributed by atoms with Crippen LogP contribution in [0.25, 0.3) is 11.5 Å². The summed E-state index contributed by atoms with van der Waals surface area (Å²) in [5.41, 5.74) is 0.0958. The molecule has 1 aromatic heterocycles. The standard InChI is InChI=1S/C21H17ClF3N3O4/c1-12-5-7-13(8-6-12)20-28-27-17(32-20)9-10-18(30)31-11-16(29)26-19-14(21(23,24)25)3-2-4-15(19)22/h2-8H,9-11H2,1H3,(H,26,29). The van der Waals surface area contributed by atoms with Crippen LogP contribution in [0.15, 0.2) is 46.9 Å². The van der Waals surface area contributed by atoms with Gasteiger partial charge in [0.05, 0.1) is 22.7 Å². The Balaban J connectivity index is 1.50. The molecule has 1 amide bonds. The van der Waals surface area contributed by atoms with Gasteiger partial charge in [-0.2, -0.15) is 13.2 Å². The molecule has 3 aromatic rings. The predicted octanol–water partition coefficient (Wildman–Crippen LogP) is 4.83. The van der Waals surface area contributed by atoms with Crippen LogP contribution in [0.3, 0.4) is 0 Å². The van der Waals surface area contributed by atoms with Gasteiger partial charge in [0.25, 0.3) is 5.91 Å². The lowest BCUT2D eigenvalue weighted by Gasteiger charge is -2.15. The summed E-state index contributed by atoms with van der Waals surface area (Å²) in [6.07, 6.45) is -4.81. The number of nitrogens with zero attached hydrogens (tertiary/aromatic N) is 2. The number of anilines is 1. The monoisotopic (exact) mass is 467 g/mol. The summed E-state index contributed by atoms with van der Waals surface area (Å²) in [6.45, 7) is 1.17. The zero-order valence-electron chi connectivity index (χ0n) is 16.7. The molecule has 0 aliphatic heterocycles. The van der Waals surface area contributed by atoms with Crippen molar-refractivity contribution in [1.82, 2.24) is 10.2 Å². The fourth-order valence-corrected chi connectivity index (χ4v) is 2.88. The highest BCUT2D eigenvalue weighted by molar-refractivity contribution is 6.34. The Morgan fingerprint density at radius 1 is 1.12 bits per heavy atom. The van der Waals surface area contributed by atoms with Crippen LogP contribution in [0.5, 0.6) is 0 Å². The third-order valence-corrected chi connectivity index (χ3v) is 4.57. The fourth-order valence-electron chi connectivity index (χ4n) is 2.66. The largest absolute Gasteiger partial charge is 0.456 e. The Labute approximate surface area is 185 Å². The predicted molar refractivity (Wildman–Crippen MR) is 109 cm³/mol. The van der Waals surface area contributed by atoms with Crippen LogP contribution in [0.2, 0.25) is 5.02 Å². The SMILES string of the molecule is Cc1ccc(-c2nnc(CCC(=O)OCC(=O)Nc3c(Cl)cccc3C(F)(F)F)o2)cc1. The number of aromatic nitrogens is 2. The van der Waals surface area contributed by atoms with E-state index in [0.29, 0.717) is 5.89 Å². The first kappa shape index (κ1) is 23.3. The van der Waals surface area contributed by atoms with Crippen LogP contribution >= 0.6 is 11.6 Å². The van der Waals surface area contributed by atoms with Gasteiger partial charge in [0.15, 0.2) is 6.61 Å². The molecule has 11 heteroatoms. The first-order valence-electron chi connectivity index (χ1n) is 9.34. The highest BCUT2D eigenvalue weighted by Crippen LogP contribution is 2.38. The number of rotatable bonds is 7. The molecule has 0 fully saturated rings. The van der Waals surface area contributed by atoms with Gasteiger partial charge >= 0.3 is 12.1 Å². The molecule has 3 rings (SSSR count). The zero-order chi connectivity index (χ0) is 23.3. The highest BCUT2D eigenvalue weighted by Gasteiger charge is 2.34. The van der Waals surface area contributed by atoms with Crippen molar-refractivity contribution >= 4 is 29.2 Å². The molecule has 1 heterocycles. The topological polar surface area (TPSA) is 94.3 Å². The summed E-state index contributed by atoms with van der Waals surface area (Å²) < 4.78 is 49.5. The molecule has 0 atom stereocenters. The maximum absolute atomic E-state index is 13.1. The number of ether oxygens (including phenoxy) is 1. The number of alkyl halides is 3. The number of para-hydroxylation sites is 1. The van der Waals surface area contributed by atoms with Gasteiger partial charge in [-0.15, -0.1) is 10.2 Å². The first-order valence-corrected chi connectivity index (χ1v) is 9.72. The fraction of sp³-hybridized carbons (Fsp3) is 0.238. The highest BCUT2D eigenvalue weighted by atomic mass is 35.5. The number of hydrogen-bond donors (Lipinski definition) is 1. The maximum Gasteiger partial charge on any atom is 0.418 e. The molecule has 7 nitrogen and oxygen atoms in total. The molecule has 0 bridgehead atoms. The van der Waals surface area contributed by atoms with Crippen LogP contribution in [0.1, 0.15) is 23.4 Å². The maximum atomic E-state index is 13.1. The number of nitrogens with one attached hydrogen (secondary N) is 1. The van der Waals surface area contributed by atoms with E-state index >= 15 is 0 Å². The van der Waals surface area contributed by atoms with Gasteiger partial charge < -0.3 is 14.5 Å². The zero-order valence-corrected chi connectivity index (χ0v) is 17.5. The summed E-state index contributed by atoms with van der Waals surface area (Å²) in [5.74, 6) is -1.22. The van der Waals surface area contributed by atoms with E-state index in [2.05, 4.69) is 10.2 Å². The summed E-state index contributed by atoms with van der Waals surface area (Å²) in [6, 6.07) is 10.5. The van der Waals surface area contributed by atoms with E-state index in [4.69, 9.17) is 20.8 Å². The molecule has 0 aliphatic rings. The van der Waals surface area contributed by atoms with Gasteiger partial charge in [0.2, 0.25) is 11.8 Å². The minimum atomic E-state index is -4.72. The smallest absolute Gasteiger partial charge is 0.418 e. The van der Waals surface area contributed by atoms with Crippen LogP contribution in [0.4, 0.5) is 18.9 Å². The van der Waals surface area contributed by atoms with Crippen molar-refractivity contribution in [2.75, 3.05) is 11.9 Å². The number of hydrogen-bond acceptors (Lipinski definition) is 6. The average Bonchev–Trinajstić information content (AvgIpc) is 3.21. The number of benzene rings is 2. The second-order valence-corrected chi connectivity index (χ2v) is 7.14. The molecule has 0 unspecified atom stereocenters. The van der Waals surface area contributed by atoms with Gasteiger partial charge in [-0.3, -0.25) is 9.59 Å². The van der Waals surface area contributed by atoms with Crippen molar-refractivity contribution in [3.8, 4) is 11.5 Å². The molecule has 0 aliphatic carbocycles. The first-order chi connectivity index (χ1) is 15.1. The third kappa shape index (κ3) is 6.07. The van der Waals surface area contributed by atoms with Crippen molar-refractivity contribution in [3.63, 3.8) is 0 Å². The second kappa shape index (κ2) is 9.82. The summed E-state index contributed by atoms with van der Waals surface area (Å²) >= 11 is 5.77. The van der Waals surface area contributed by atoms with Crippen LogP contribution in [0, 0.1) is 6.92 Å². The van der Waals surface area contributed by atoms with E-state index in [0.717, 1.165) is 23.3 Å². The molecule has 32 heavy (non-hydrogen) atoms. The van der Waals surface area contributed by atoms with Crippen molar-refractivity contribution in [2.45, 2.75) is 25.9 Å². The summed E-state index contributed by atoms with van der Waals surface area (Å²) in [5, 5.41) is 9.51. The normalized spacial score (nSPS) is 11.3. The Hall–Kier alpha value is -3.40. The van der Waals surface area contributed by atoms with Crippen molar-refractivity contribution < 1.29 is 31.9 Å². The van der Waals surface area contributed by atoms with Gasteiger partial charge in [-0.25, -0.2) is 0 Å². The Morgan fingerprint density at radius 3 is 2.53 bits per heavy atom. The average molecular weight is 468 g/mol. The number of halogens is 4. The van der Waals surface area contributed by atoms with Crippen molar-refractivity contribution in [1.29, 1.82) is 0 Å². The number of carbonyl (C=O) groups excluding carboxylic acids is 2. The van der Waals surface area contributed by atoms with Gasteiger partial charge in [0.1, 0.15) is 0 Å². The minimum absolute atomic E-state index is 0.0715. The Bertz CT molecular complexity index is 1110. The van der Waals surface area contributed by atoms with Crippen molar-refractivity contribution in [2.24, 2.45) is 0 Å². The molecule has 0 saturated carbocycles. The van der Waals surface area contributed by atoms with Crippen molar-refractivity contribution in [3.05, 3.63) is 64.5 Å². The number of amides is 1. The van der Waals surface area contributed by atoms with Crippen LogP contribution < -0.4 is 5.32 Å². The van der Waals surface area contributed by atoms with Crippen LogP contribution in [-0.2, 0) is 26.9 Å². The van der Waals surface area contributed by atoms with E-state index in [9.17, 15) is 22.8 Å². The van der Waals surface area contributed by atoms with Gasteiger partial charge in [-0.05, 0) is 31.2 Å². The number of carbonyl (C=O) groups is 2. The van der Waals surface area contributed by atoms with Gasteiger partial charge in [-0.1, -0.05) is 35.4 Å². The lowest BCUT2D eigenvalue weighted by molar-refractivity contribution is -0.147. The molecular weight excluding hydrogens is 451 g/mol. The molecule has 0 saturated heterocycles. The van der Waals surface area contributed by atoms with Gasteiger partial charge in [0, 0.05) is 12.0 Å². The number of aryl methyl sites for hydroxylation is 2. The molecule has 1 N–H and O–H groups in total. The molecule has 0 spiro atoms. The Kier molecular flexibility index (Phi) is 7.14. The summed E-state index contributed by atoms with van der Waals surface area (Å²) in [4.78, 5) is 23.8. The van der Waals surface area contributed by atoms with E-state index in [1.165, 1.54) is 6.07 Å². The van der Waals surface area contributed by atoms with Crippen LogP contribution in [-0.4, -0.2) is 28.7 Å². The third-order valence-electron chi connectivity index (χ3n) is 4.26. The lowest BCUT2D eigenvalue weighted by atomic mass is 10.1. The summed E-state index contributed by atoms with van der Waals surface area (Å²) in [7, 11) is 0. The molecule has 168 valence electrons.